The van der Waals surface area contributed by atoms with E-state index in [1.165, 1.54) is 0 Å². The van der Waals surface area contributed by atoms with Crippen molar-refractivity contribution >= 4 is 10.9 Å². The molecule has 0 aliphatic rings. The summed E-state index contributed by atoms with van der Waals surface area (Å²) in [6.07, 6.45) is 1.72. The Balaban J connectivity index is 2.91. The Hall–Kier alpha value is -1.51. The first-order valence-electron chi connectivity index (χ1n) is 3.41. The quantitative estimate of drug-likeness (QED) is 0.561. The minimum Gasteiger partial charge on any atom is -0.138 e. The van der Waals surface area contributed by atoms with Gasteiger partial charge in [-0.1, -0.05) is 18.2 Å². The lowest BCUT2D eigenvalue weighted by atomic mass is 10.2. The van der Waals surface area contributed by atoms with Crippen molar-refractivity contribution in [3.8, 4) is 0 Å². The van der Waals surface area contributed by atoms with Gasteiger partial charge in [-0.05, 0) is 17.7 Å². The van der Waals surface area contributed by atoms with E-state index < -0.39 is 0 Å². The summed E-state index contributed by atoms with van der Waals surface area (Å²) in [5.41, 5.74) is 2.07. The van der Waals surface area contributed by atoms with E-state index in [1.807, 2.05) is 25.1 Å². The van der Waals surface area contributed by atoms with Crippen LogP contribution in [0.25, 0.3) is 10.9 Å². The van der Waals surface area contributed by atoms with Crippen LogP contribution >= 0.6 is 0 Å². The summed E-state index contributed by atoms with van der Waals surface area (Å²) in [7, 11) is 0. The van der Waals surface area contributed by atoms with Crippen molar-refractivity contribution in [2.24, 2.45) is 0 Å². The molecule has 0 radical (unpaired) electrons. The number of nitrogens with zero attached hydrogens (tertiary/aromatic N) is 3. The highest BCUT2D eigenvalue weighted by atomic mass is 15.3. The fourth-order valence-electron chi connectivity index (χ4n) is 1.08. The van der Waals surface area contributed by atoms with Gasteiger partial charge in [0.15, 0.2) is 0 Å². The maximum Gasteiger partial charge on any atom is 0.0992 e. The largest absolute Gasteiger partial charge is 0.138 e. The molecular weight excluding hydrogens is 138 g/mol. The molecule has 2 rings (SSSR count). The van der Waals surface area contributed by atoms with Gasteiger partial charge in [-0.15, -0.1) is 10.2 Å². The number of fused-ring (bicyclic) bond motifs is 1. The van der Waals surface area contributed by atoms with Crippen LogP contribution in [0.4, 0.5) is 0 Å². The molecule has 0 saturated carbocycles. The number of hydrogen-bond donors (Lipinski definition) is 0. The molecule has 54 valence electrons. The summed E-state index contributed by atoms with van der Waals surface area (Å²) in [6.45, 7) is 2.01. The van der Waals surface area contributed by atoms with Crippen LogP contribution in [-0.4, -0.2) is 15.4 Å². The number of aryl methyl sites for hydroxylation is 1. The van der Waals surface area contributed by atoms with Gasteiger partial charge in [-0.2, -0.15) is 0 Å². The SMILES string of the molecule is Cc1cccc2cnnnc12. The van der Waals surface area contributed by atoms with Crippen molar-refractivity contribution < 1.29 is 0 Å². The standard InChI is InChI=1S/C8H7N3/c1-6-3-2-4-7-5-9-11-10-8(6)7/h2-5H,1H3. The van der Waals surface area contributed by atoms with Crippen LogP contribution in [0.1, 0.15) is 5.56 Å². The van der Waals surface area contributed by atoms with Gasteiger partial charge in [-0.25, -0.2) is 0 Å². The highest BCUT2D eigenvalue weighted by Crippen LogP contribution is 2.11. The first-order valence-corrected chi connectivity index (χ1v) is 3.41. The zero-order chi connectivity index (χ0) is 7.68. The number of benzene rings is 1. The Morgan fingerprint density at radius 3 is 3.00 bits per heavy atom. The van der Waals surface area contributed by atoms with E-state index >= 15 is 0 Å². The third-order valence-corrected chi connectivity index (χ3v) is 1.66. The third kappa shape index (κ3) is 0.941. The second kappa shape index (κ2) is 2.27. The lowest BCUT2D eigenvalue weighted by Crippen LogP contribution is -1.88. The van der Waals surface area contributed by atoms with Crippen molar-refractivity contribution in [1.29, 1.82) is 0 Å². The number of rotatable bonds is 0. The first kappa shape index (κ1) is 6.22. The van der Waals surface area contributed by atoms with Crippen LogP contribution < -0.4 is 0 Å². The topological polar surface area (TPSA) is 38.7 Å². The molecule has 11 heavy (non-hydrogen) atoms. The Kier molecular flexibility index (Phi) is 1.28. The fraction of sp³-hybridized carbons (Fsp3) is 0.125. The number of aromatic nitrogens is 3. The van der Waals surface area contributed by atoms with E-state index in [4.69, 9.17) is 0 Å². The fourth-order valence-corrected chi connectivity index (χ4v) is 1.08. The molecule has 0 unspecified atom stereocenters. The Morgan fingerprint density at radius 2 is 2.18 bits per heavy atom. The van der Waals surface area contributed by atoms with Gasteiger partial charge < -0.3 is 0 Å². The van der Waals surface area contributed by atoms with Crippen molar-refractivity contribution in [3.05, 3.63) is 30.0 Å². The smallest absolute Gasteiger partial charge is 0.0992 e. The minimum absolute atomic E-state index is 0.933. The molecule has 0 fully saturated rings. The van der Waals surface area contributed by atoms with Crippen LogP contribution in [0, 0.1) is 6.92 Å². The average molecular weight is 145 g/mol. The van der Waals surface area contributed by atoms with Crippen molar-refractivity contribution in [1.82, 2.24) is 15.4 Å². The Bertz CT molecular complexity index is 378. The maximum absolute atomic E-state index is 3.92. The van der Waals surface area contributed by atoms with Crippen molar-refractivity contribution in [3.63, 3.8) is 0 Å². The summed E-state index contributed by atoms with van der Waals surface area (Å²) < 4.78 is 0. The van der Waals surface area contributed by atoms with Gasteiger partial charge in [0, 0.05) is 5.39 Å². The van der Waals surface area contributed by atoms with Crippen LogP contribution in [0.15, 0.2) is 24.4 Å². The summed E-state index contributed by atoms with van der Waals surface area (Å²) in [4.78, 5) is 0. The van der Waals surface area contributed by atoms with Crippen LogP contribution in [-0.2, 0) is 0 Å². The first-order chi connectivity index (χ1) is 5.38. The van der Waals surface area contributed by atoms with E-state index in [1.54, 1.807) is 6.20 Å². The molecule has 0 atom stereocenters. The lowest BCUT2D eigenvalue weighted by Gasteiger charge is -1.95. The molecular formula is C8H7N3. The molecule has 3 heteroatoms. The monoisotopic (exact) mass is 145 g/mol. The van der Waals surface area contributed by atoms with Crippen LogP contribution in [0.5, 0.6) is 0 Å². The van der Waals surface area contributed by atoms with Gasteiger partial charge in [0.05, 0.1) is 11.7 Å². The van der Waals surface area contributed by atoms with Crippen molar-refractivity contribution in [2.45, 2.75) is 6.92 Å². The predicted molar refractivity (Wildman–Crippen MR) is 42.1 cm³/mol. The molecule has 0 aliphatic carbocycles. The highest BCUT2D eigenvalue weighted by molar-refractivity contribution is 5.79. The summed E-state index contributed by atoms with van der Waals surface area (Å²) in [5.74, 6) is 0. The Morgan fingerprint density at radius 1 is 1.27 bits per heavy atom. The van der Waals surface area contributed by atoms with Gasteiger partial charge in [0.1, 0.15) is 0 Å². The van der Waals surface area contributed by atoms with Gasteiger partial charge >= 0.3 is 0 Å². The molecule has 1 aromatic carbocycles. The molecule has 1 aromatic heterocycles. The third-order valence-electron chi connectivity index (χ3n) is 1.66. The van der Waals surface area contributed by atoms with E-state index in [0.29, 0.717) is 0 Å². The molecule has 2 aromatic rings. The van der Waals surface area contributed by atoms with E-state index in [9.17, 15) is 0 Å². The molecule has 0 spiro atoms. The molecule has 1 heterocycles. The lowest BCUT2D eigenvalue weighted by molar-refractivity contribution is 0.893. The molecule has 0 saturated heterocycles. The van der Waals surface area contributed by atoms with E-state index in [-0.39, 0.29) is 0 Å². The summed E-state index contributed by atoms with van der Waals surface area (Å²) in [5, 5.41) is 12.2. The second-order valence-electron chi connectivity index (χ2n) is 2.45. The zero-order valence-corrected chi connectivity index (χ0v) is 6.15. The molecule has 0 bridgehead atoms. The highest BCUT2D eigenvalue weighted by Gasteiger charge is 1.95. The van der Waals surface area contributed by atoms with E-state index in [2.05, 4.69) is 15.4 Å². The van der Waals surface area contributed by atoms with E-state index in [0.717, 1.165) is 16.5 Å². The predicted octanol–water partition coefficient (Wildman–Crippen LogP) is 1.33. The molecule has 0 N–H and O–H groups in total. The molecule has 0 aliphatic heterocycles. The van der Waals surface area contributed by atoms with Crippen LogP contribution in [0.2, 0.25) is 0 Å². The minimum atomic E-state index is 0.933. The van der Waals surface area contributed by atoms with Gasteiger partial charge in [0.25, 0.3) is 0 Å². The zero-order valence-electron chi connectivity index (χ0n) is 6.15. The Labute approximate surface area is 64.1 Å². The summed E-state index contributed by atoms with van der Waals surface area (Å²) in [6, 6.07) is 5.97. The second-order valence-corrected chi connectivity index (χ2v) is 2.45. The van der Waals surface area contributed by atoms with Gasteiger partial charge in [-0.3, -0.25) is 0 Å². The summed E-state index contributed by atoms with van der Waals surface area (Å²) >= 11 is 0. The number of hydrogen-bond acceptors (Lipinski definition) is 3. The molecule has 3 nitrogen and oxygen atoms in total. The maximum atomic E-state index is 3.92. The van der Waals surface area contributed by atoms with Crippen molar-refractivity contribution in [2.75, 3.05) is 0 Å². The average Bonchev–Trinajstić information content (AvgIpc) is 2.06. The molecule has 0 amide bonds. The van der Waals surface area contributed by atoms with Crippen LogP contribution in [0.3, 0.4) is 0 Å². The van der Waals surface area contributed by atoms with Gasteiger partial charge in [0.2, 0.25) is 0 Å². The normalized spacial score (nSPS) is 10.3.